The number of halogens is 3. The molecule has 0 radical (unpaired) electrons. The number of hydrogen-bond acceptors (Lipinski definition) is 2. The monoisotopic (exact) mass is 342 g/mol. The Morgan fingerprint density at radius 3 is 2.46 bits per heavy atom. The second-order valence-corrected chi connectivity index (χ2v) is 6.85. The van der Waals surface area contributed by atoms with Crippen molar-refractivity contribution in [2.24, 2.45) is 17.6 Å². The third-order valence-electron chi connectivity index (χ3n) is 4.76. The maximum Gasteiger partial charge on any atom is 0.416 e. The molecule has 3 atom stereocenters. The van der Waals surface area contributed by atoms with Gasteiger partial charge in [-0.25, -0.2) is 0 Å². The first-order chi connectivity index (χ1) is 11.2. The van der Waals surface area contributed by atoms with Crippen molar-refractivity contribution in [3.05, 3.63) is 35.4 Å². The molecule has 24 heavy (non-hydrogen) atoms. The summed E-state index contributed by atoms with van der Waals surface area (Å²) >= 11 is 0. The molecule has 0 aromatic heterocycles. The van der Waals surface area contributed by atoms with Crippen LogP contribution in [0.15, 0.2) is 24.3 Å². The highest BCUT2D eigenvalue weighted by Gasteiger charge is 2.31. The summed E-state index contributed by atoms with van der Waals surface area (Å²) in [5.41, 5.74) is 6.02. The van der Waals surface area contributed by atoms with Crippen molar-refractivity contribution in [2.75, 3.05) is 13.1 Å². The number of alkyl halides is 3. The van der Waals surface area contributed by atoms with E-state index in [2.05, 4.69) is 0 Å². The van der Waals surface area contributed by atoms with Crippen LogP contribution in [-0.2, 0) is 17.4 Å². The van der Waals surface area contributed by atoms with Crippen molar-refractivity contribution >= 4 is 5.91 Å². The van der Waals surface area contributed by atoms with Gasteiger partial charge in [-0.15, -0.1) is 0 Å². The van der Waals surface area contributed by atoms with E-state index in [1.807, 2.05) is 18.7 Å². The third-order valence-corrected chi connectivity index (χ3v) is 4.76. The molecule has 2 rings (SSSR count). The van der Waals surface area contributed by atoms with Crippen molar-refractivity contribution in [1.29, 1.82) is 0 Å². The average molecular weight is 342 g/mol. The van der Waals surface area contributed by atoms with Crippen molar-refractivity contribution in [1.82, 2.24) is 4.90 Å². The Labute approximate surface area is 141 Å². The molecule has 1 aliphatic rings. The zero-order chi connectivity index (χ0) is 17.9. The summed E-state index contributed by atoms with van der Waals surface area (Å²) in [4.78, 5) is 14.5. The number of piperidine rings is 1. The van der Waals surface area contributed by atoms with Crippen molar-refractivity contribution in [3.8, 4) is 0 Å². The van der Waals surface area contributed by atoms with Gasteiger partial charge < -0.3 is 10.6 Å². The summed E-state index contributed by atoms with van der Waals surface area (Å²) in [5, 5.41) is 0. The Morgan fingerprint density at radius 2 is 1.92 bits per heavy atom. The lowest BCUT2D eigenvalue weighted by atomic mass is 9.90. The molecule has 0 bridgehead atoms. The van der Waals surface area contributed by atoms with Gasteiger partial charge in [-0.1, -0.05) is 19.1 Å². The summed E-state index contributed by atoms with van der Waals surface area (Å²) in [6.07, 6.45) is -1.91. The van der Waals surface area contributed by atoms with Crippen LogP contribution in [0.2, 0.25) is 0 Å². The fourth-order valence-corrected chi connectivity index (χ4v) is 3.22. The van der Waals surface area contributed by atoms with Gasteiger partial charge in [0.05, 0.1) is 5.56 Å². The number of nitrogens with zero attached hydrogens (tertiary/aromatic N) is 1. The van der Waals surface area contributed by atoms with Gasteiger partial charge in [-0.2, -0.15) is 13.2 Å². The number of hydrogen-bond donors (Lipinski definition) is 1. The number of carbonyl (C=O) groups excluding carboxylic acids is 1. The standard InChI is InChI=1S/C18H25F3N2O/c1-12(10-14-5-7-16(8-6-14)18(19,20)21)17(24)23-9-3-4-15(11-23)13(2)22/h5-8,12-13,15H,3-4,9-11,22H2,1-2H3. The molecule has 0 spiro atoms. The van der Waals surface area contributed by atoms with Crippen LogP contribution in [0, 0.1) is 11.8 Å². The molecule has 1 heterocycles. The molecule has 1 amide bonds. The Balaban J connectivity index is 1.96. The number of benzene rings is 1. The lowest BCUT2D eigenvalue weighted by molar-refractivity contribution is -0.138. The zero-order valence-corrected chi connectivity index (χ0v) is 14.1. The number of nitrogens with two attached hydrogens (primary N) is 1. The van der Waals surface area contributed by atoms with E-state index in [0.717, 1.165) is 37.1 Å². The highest BCUT2D eigenvalue weighted by molar-refractivity contribution is 5.79. The molecule has 3 nitrogen and oxygen atoms in total. The third kappa shape index (κ3) is 4.72. The van der Waals surface area contributed by atoms with Crippen molar-refractivity contribution in [2.45, 2.75) is 45.3 Å². The van der Waals surface area contributed by atoms with E-state index in [1.54, 1.807) is 0 Å². The van der Waals surface area contributed by atoms with Crippen LogP contribution < -0.4 is 5.73 Å². The van der Waals surface area contributed by atoms with E-state index < -0.39 is 11.7 Å². The normalized spacial score (nSPS) is 21.4. The minimum Gasteiger partial charge on any atom is -0.342 e. The fraction of sp³-hybridized carbons (Fsp3) is 0.611. The molecule has 1 aromatic rings. The smallest absolute Gasteiger partial charge is 0.342 e. The molecule has 3 unspecified atom stereocenters. The van der Waals surface area contributed by atoms with Gasteiger partial charge in [0.15, 0.2) is 0 Å². The molecule has 1 fully saturated rings. The van der Waals surface area contributed by atoms with Crippen LogP contribution in [0.25, 0.3) is 0 Å². The molecule has 1 saturated heterocycles. The molecule has 0 aliphatic carbocycles. The first-order valence-electron chi connectivity index (χ1n) is 8.39. The predicted molar refractivity (Wildman–Crippen MR) is 87.3 cm³/mol. The van der Waals surface area contributed by atoms with Crippen LogP contribution in [0.1, 0.15) is 37.8 Å². The van der Waals surface area contributed by atoms with Gasteiger partial charge in [0.1, 0.15) is 0 Å². The van der Waals surface area contributed by atoms with Crippen LogP contribution in [0.3, 0.4) is 0 Å². The number of carbonyl (C=O) groups is 1. The van der Waals surface area contributed by atoms with Gasteiger partial charge in [-0.05, 0) is 49.8 Å². The summed E-state index contributed by atoms with van der Waals surface area (Å²) in [5.74, 6) is 0.120. The molecule has 1 aliphatic heterocycles. The van der Waals surface area contributed by atoms with Crippen LogP contribution in [0.5, 0.6) is 0 Å². The van der Waals surface area contributed by atoms with Crippen LogP contribution in [-0.4, -0.2) is 29.9 Å². The Bertz CT molecular complexity index is 554. The van der Waals surface area contributed by atoms with Crippen molar-refractivity contribution in [3.63, 3.8) is 0 Å². The van der Waals surface area contributed by atoms with Gasteiger partial charge in [0, 0.05) is 25.0 Å². The maximum absolute atomic E-state index is 12.6. The van der Waals surface area contributed by atoms with Gasteiger partial charge in [0.25, 0.3) is 0 Å². The van der Waals surface area contributed by atoms with E-state index in [0.29, 0.717) is 18.9 Å². The SMILES string of the molecule is CC(Cc1ccc(C(F)(F)F)cc1)C(=O)N1CCCC(C(C)N)C1. The van der Waals surface area contributed by atoms with E-state index in [9.17, 15) is 18.0 Å². The molecule has 6 heteroatoms. The second kappa shape index (κ2) is 7.55. The zero-order valence-electron chi connectivity index (χ0n) is 14.1. The fourth-order valence-electron chi connectivity index (χ4n) is 3.22. The summed E-state index contributed by atoms with van der Waals surface area (Å²) in [6.45, 7) is 5.20. The highest BCUT2D eigenvalue weighted by Crippen LogP contribution is 2.29. The minimum atomic E-state index is -4.33. The Morgan fingerprint density at radius 1 is 1.29 bits per heavy atom. The summed E-state index contributed by atoms with van der Waals surface area (Å²) < 4.78 is 37.8. The van der Waals surface area contributed by atoms with Gasteiger partial charge >= 0.3 is 6.18 Å². The average Bonchev–Trinajstić information content (AvgIpc) is 2.53. The lowest BCUT2D eigenvalue weighted by Gasteiger charge is -2.36. The first-order valence-corrected chi connectivity index (χ1v) is 8.39. The van der Waals surface area contributed by atoms with E-state index in [4.69, 9.17) is 5.73 Å². The quantitative estimate of drug-likeness (QED) is 0.911. The molecule has 1 aromatic carbocycles. The second-order valence-electron chi connectivity index (χ2n) is 6.85. The molecule has 0 saturated carbocycles. The van der Waals surface area contributed by atoms with E-state index in [-0.39, 0.29) is 17.9 Å². The van der Waals surface area contributed by atoms with Crippen LogP contribution >= 0.6 is 0 Å². The summed E-state index contributed by atoms with van der Waals surface area (Å²) in [7, 11) is 0. The lowest BCUT2D eigenvalue weighted by Crippen LogP contribution is -2.46. The maximum atomic E-state index is 12.6. The highest BCUT2D eigenvalue weighted by atomic mass is 19.4. The number of rotatable bonds is 4. The van der Waals surface area contributed by atoms with E-state index >= 15 is 0 Å². The Kier molecular flexibility index (Phi) is 5.91. The van der Waals surface area contributed by atoms with Gasteiger partial charge in [-0.3, -0.25) is 4.79 Å². The molecular weight excluding hydrogens is 317 g/mol. The predicted octanol–water partition coefficient (Wildman–Crippen LogP) is 3.47. The summed E-state index contributed by atoms with van der Waals surface area (Å²) in [6, 6.07) is 5.10. The van der Waals surface area contributed by atoms with E-state index in [1.165, 1.54) is 12.1 Å². The topological polar surface area (TPSA) is 46.3 Å². The van der Waals surface area contributed by atoms with Crippen LogP contribution in [0.4, 0.5) is 13.2 Å². The largest absolute Gasteiger partial charge is 0.416 e. The van der Waals surface area contributed by atoms with Gasteiger partial charge in [0.2, 0.25) is 5.91 Å². The molecule has 134 valence electrons. The number of likely N-dealkylation sites (tertiary alicyclic amines) is 1. The minimum absolute atomic E-state index is 0.0558. The first kappa shape index (κ1) is 18.8. The Hall–Kier alpha value is -1.56. The molecular formula is C18H25F3N2O. The molecule has 2 N–H and O–H groups in total. The number of amides is 1. The van der Waals surface area contributed by atoms with Crippen molar-refractivity contribution < 1.29 is 18.0 Å².